The van der Waals surface area contributed by atoms with Crippen molar-refractivity contribution < 1.29 is 0 Å². The van der Waals surface area contributed by atoms with E-state index in [1.807, 2.05) is 0 Å². The third-order valence-corrected chi connectivity index (χ3v) is 6.33. The predicted molar refractivity (Wildman–Crippen MR) is 74.4 cm³/mol. The highest BCUT2D eigenvalue weighted by molar-refractivity contribution is 4.99. The van der Waals surface area contributed by atoms with E-state index in [0.29, 0.717) is 0 Å². The molecule has 1 aliphatic heterocycles. The molecule has 1 saturated heterocycles. The Morgan fingerprint density at radius 2 is 1.56 bits per heavy atom. The van der Waals surface area contributed by atoms with Crippen LogP contribution < -0.4 is 10.6 Å². The molecule has 0 radical (unpaired) electrons. The summed E-state index contributed by atoms with van der Waals surface area (Å²) in [5.74, 6) is 5.53. The average molecular weight is 248 g/mol. The van der Waals surface area contributed by atoms with Crippen molar-refractivity contribution in [2.75, 3.05) is 19.6 Å². The Bertz CT molecular complexity index is 265. The fraction of sp³-hybridized carbons (Fsp3) is 1.00. The standard InChI is InChI=1S/C16H28N2/c1-2-17-10-15(18-3-1)9-16-13-5-11-4-12(7-13)8-14(16)6-11/h11-18H,1-10H2. The van der Waals surface area contributed by atoms with Crippen LogP contribution in [0.2, 0.25) is 0 Å². The molecule has 0 spiro atoms. The normalized spacial score (nSPS) is 51.3. The lowest BCUT2D eigenvalue weighted by Gasteiger charge is -2.55. The molecule has 2 N–H and O–H groups in total. The SMILES string of the molecule is C1CNCC(CC2C3CC4CC(C3)CC2C4)NC1. The quantitative estimate of drug-likeness (QED) is 0.784. The summed E-state index contributed by atoms with van der Waals surface area (Å²) >= 11 is 0. The van der Waals surface area contributed by atoms with Crippen molar-refractivity contribution in [3.05, 3.63) is 0 Å². The van der Waals surface area contributed by atoms with Crippen molar-refractivity contribution >= 4 is 0 Å². The number of hydrogen-bond acceptors (Lipinski definition) is 2. The van der Waals surface area contributed by atoms with Gasteiger partial charge in [-0.1, -0.05) is 0 Å². The van der Waals surface area contributed by atoms with Gasteiger partial charge in [0.15, 0.2) is 0 Å². The highest BCUT2D eigenvalue weighted by Crippen LogP contribution is 2.57. The first-order chi connectivity index (χ1) is 8.88. The van der Waals surface area contributed by atoms with Gasteiger partial charge >= 0.3 is 0 Å². The Kier molecular flexibility index (Phi) is 3.12. The fourth-order valence-electron chi connectivity index (χ4n) is 5.79. The zero-order valence-corrected chi connectivity index (χ0v) is 11.5. The minimum absolute atomic E-state index is 0.759. The highest BCUT2D eigenvalue weighted by Gasteiger charge is 2.48. The molecule has 1 unspecified atom stereocenters. The Morgan fingerprint density at radius 1 is 0.833 bits per heavy atom. The zero-order chi connectivity index (χ0) is 11.9. The van der Waals surface area contributed by atoms with Gasteiger partial charge in [-0.05, 0) is 87.6 Å². The Balaban J connectivity index is 1.42. The zero-order valence-electron chi connectivity index (χ0n) is 11.5. The number of rotatable bonds is 2. The summed E-state index contributed by atoms with van der Waals surface area (Å²) in [5.41, 5.74) is 0. The summed E-state index contributed by atoms with van der Waals surface area (Å²) < 4.78 is 0. The van der Waals surface area contributed by atoms with E-state index in [2.05, 4.69) is 10.6 Å². The third-order valence-electron chi connectivity index (χ3n) is 6.33. The topological polar surface area (TPSA) is 24.1 Å². The fourth-order valence-corrected chi connectivity index (χ4v) is 5.79. The molecule has 0 amide bonds. The van der Waals surface area contributed by atoms with E-state index in [0.717, 1.165) is 35.6 Å². The predicted octanol–water partition coefficient (Wildman–Crippen LogP) is 2.40. The van der Waals surface area contributed by atoms with Gasteiger partial charge in [0.1, 0.15) is 0 Å². The second kappa shape index (κ2) is 4.79. The molecule has 102 valence electrons. The van der Waals surface area contributed by atoms with E-state index < -0.39 is 0 Å². The summed E-state index contributed by atoms with van der Waals surface area (Å²) in [6, 6.07) is 0.759. The first-order valence-electron chi connectivity index (χ1n) is 8.32. The van der Waals surface area contributed by atoms with Gasteiger partial charge in [0, 0.05) is 12.6 Å². The summed E-state index contributed by atoms with van der Waals surface area (Å²) in [7, 11) is 0. The molecule has 4 bridgehead atoms. The summed E-state index contributed by atoms with van der Waals surface area (Å²) in [4.78, 5) is 0. The minimum atomic E-state index is 0.759. The minimum Gasteiger partial charge on any atom is -0.315 e. The second-order valence-electron chi connectivity index (χ2n) is 7.54. The first-order valence-corrected chi connectivity index (χ1v) is 8.32. The lowest BCUT2D eigenvalue weighted by molar-refractivity contribution is -0.0429. The monoisotopic (exact) mass is 248 g/mol. The molecule has 0 aromatic heterocycles. The molecular weight excluding hydrogens is 220 g/mol. The van der Waals surface area contributed by atoms with E-state index in [1.165, 1.54) is 32.5 Å². The van der Waals surface area contributed by atoms with Crippen molar-refractivity contribution in [2.45, 2.75) is 51.0 Å². The van der Waals surface area contributed by atoms with Crippen molar-refractivity contribution in [2.24, 2.45) is 29.6 Å². The molecule has 4 saturated carbocycles. The van der Waals surface area contributed by atoms with Gasteiger partial charge in [-0.25, -0.2) is 0 Å². The molecule has 1 atom stereocenters. The largest absolute Gasteiger partial charge is 0.315 e. The molecule has 2 nitrogen and oxygen atoms in total. The van der Waals surface area contributed by atoms with Crippen LogP contribution in [0.25, 0.3) is 0 Å². The van der Waals surface area contributed by atoms with Crippen molar-refractivity contribution in [3.8, 4) is 0 Å². The Hall–Kier alpha value is -0.0800. The molecule has 1 heterocycles. The van der Waals surface area contributed by atoms with Crippen LogP contribution >= 0.6 is 0 Å². The van der Waals surface area contributed by atoms with E-state index in [9.17, 15) is 0 Å². The molecule has 0 aromatic rings. The molecule has 4 aliphatic carbocycles. The summed E-state index contributed by atoms with van der Waals surface area (Å²) in [6.07, 6.45) is 10.7. The van der Waals surface area contributed by atoms with Gasteiger partial charge in [-0.2, -0.15) is 0 Å². The van der Waals surface area contributed by atoms with Crippen LogP contribution in [0.5, 0.6) is 0 Å². The first kappa shape index (κ1) is 11.7. The highest BCUT2D eigenvalue weighted by atomic mass is 15.0. The van der Waals surface area contributed by atoms with E-state index in [4.69, 9.17) is 0 Å². The van der Waals surface area contributed by atoms with Crippen molar-refractivity contribution in [1.82, 2.24) is 10.6 Å². The molecular formula is C16H28N2. The van der Waals surface area contributed by atoms with Gasteiger partial charge in [0.25, 0.3) is 0 Å². The van der Waals surface area contributed by atoms with E-state index in [1.54, 1.807) is 32.1 Å². The lowest BCUT2D eigenvalue weighted by Crippen LogP contribution is -2.48. The van der Waals surface area contributed by atoms with Crippen LogP contribution in [0.4, 0.5) is 0 Å². The lowest BCUT2D eigenvalue weighted by atomic mass is 9.51. The van der Waals surface area contributed by atoms with E-state index in [-0.39, 0.29) is 0 Å². The third kappa shape index (κ3) is 2.12. The number of hydrogen-bond donors (Lipinski definition) is 2. The van der Waals surface area contributed by atoms with Crippen LogP contribution in [-0.4, -0.2) is 25.7 Å². The molecule has 18 heavy (non-hydrogen) atoms. The molecule has 5 aliphatic rings. The van der Waals surface area contributed by atoms with E-state index >= 15 is 0 Å². The average Bonchev–Trinajstić information content (AvgIpc) is 2.61. The van der Waals surface area contributed by atoms with Gasteiger partial charge in [0.2, 0.25) is 0 Å². The van der Waals surface area contributed by atoms with Crippen molar-refractivity contribution in [1.29, 1.82) is 0 Å². The van der Waals surface area contributed by atoms with Gasteiger partial charge in [-0.15, -0.1) is 0 Å². The van der Waals surface area contributed by atoms with Crippen LogP contribution in [0.1, 0.15) is 44.9 Å². The van der Waals surface area contributed by atoms with Gasteiger partial charge < -0.3 is 10.6 Å². The van der Waals surface area contributed by atoms with Crippen LogP contribution in [-0.2, 0) is 0 Å². The number of nitrogens with one attached hydrogen (secondary N) is 2. The van der Waals surface area contributed by atoms with Crippen LogP contribution in [0, 0.1) is 29.6 Å². The molecule has 5 rings (SSSR count). The maximum Gasteiger partial charge on any atom is 0.0195 e. The smallest absolute Gasteiger partial charge is 0.0195 e. The van der Waals surface area contributed by atoms with Crippen molar-refractivity contribution in [3.63, 3.8) is 0 Å². The summed E-state index contributed by atoms with van der Waals surface area (Å²) in [5, 5.41) is 7.39. The maximum absolute atomic E-state index is 3.78. The molecule has 5 fully saturated rings. The van der Waals surface area contributed by atoms with Gasteiger partial charge in [-0.3, -0.25) is 0 Å². The maximum atomic E-state index is 3.78. The second-order valence-corrected chi connectivity index (χ2v) is 7.54. The molecule has 0 aromatic carbocycles. The summed E-state index contributed by atoms with van der Waals surface area (Å²) in [6.45, 7) is 3.65. The Labute approximate surface area is 111 Å². The van der Waals surface area contributed by atoms with Crippen LogP contribution in [0.3, 0.4) is 0 Å². The van der Waals surface area contributed by atoms with Gasteiger partial charge in [0.05, 0.1) is 0 Å². The van der Waals surface area contributed by atoms with Crippen LogP contribution in [0.15, 0.2) is 0 Å². The molecule has 2 heteroatoms. The Morgan fingerprint density at radius 3 is 2.28 bits per heavy atom.